The third-order valence-corrected chi connectivity index (χ3v) is 2.88. The predicted molar refractivity (Wildman–Crippen MR) is 65.7 cm³/mol. The van der Waals surface area contributed by atoms with Crippen molar-refractivity contribution < 1.29 is 0 Å². The van der Waals surface area contributed by atoms with Gasteiger partial charge in [0.1, 0.15) is 12.1 Å². The zero-order valence-corrected chi connectivity index (χ0v) is 9.27. The first kappa shape index (κ1) is 9.83. The number of fused-ring (bicyclic) bond motifs is 2. The summed E-state index contributed by atoms with van der Waals surface area (Å²) in [5, 5.41) is 0.754. The molecule has 0 bridgehead atoms. The summed E-state index contributed by atoms with van der Waals surface area (Å²) in [4.78, 5) is 22.6. The predicted octanol–water partition coefficient (Wildman–Crippen LogP) is 0.875. The van der Waals surface area contributed by atoms with Crippen LogP contribution in [0.25, 0.3) is 21.9 Å². The minimum Gasteiger partial charge on any atom is -0.383 e. The molecular formula is C11H11N5O. The van der Waals surface area contributed by atoms with E-state index < -0.39 is 0 Å². The van der Waals surface area contributed by atoms with Crippen LogP contribution < -0.4 is 11.4 Å². The van der Waals surface area contributed by atoms with Crippen molar-refractivity contribution in [1.29, 1.82) is 0 Å². The summed E-state index contributed by atoms with van der Waals surface area (Å²) in [5.74, 6) is 0.419. The Labute approximate surface area is 96.1 Å². The lowest BCUT2D eigenvalue weighted by Crippen LogP contribution is -2.14. The highest BCUT2D eigenvalue weighted by Crippen LogP contribution is 2.22. The van der Waals surface area contributed by atoms with E-state index in [9.17, 15) is 4.79 Å². The number of H-pyrrole nitrogens is 1. The topological polar surface area (TPSA) is 89.6 Å². The van der Waals surface area contributed by atoms with Gasteiger partial charge in [-0.05, 0) is 19.1 Å². The summed E-state index contributed by atoms with van der Waals surface area (Å²) in [5.41, 5.74) is 7.99. The Morgan fingerprint density at radius 1 is 1.41 bits per heavy atom. The molecule has 1 aromatic carbocycles. The number of aryl methyl sites for hydroxylation is 1. The van der Waals surface area contributed by atoms with Crippen LogP contribution in [-0.4, -0.2) is 19.5 Å². The highest BCUT2D eigenvalue weighted by atomic mass is 16.1. The number of hydrogen-bond donors (Lipinski definition) is 2. The Bertz CT molecular complexity index is 770. The maximum atomic E-state index is 11.7. The Morgan fingerprint density at radius 3 is 3.00 bits per heavy atom. The Morgan fingerprint density at radius 2 is 2.24 bits per heavy atom. The highest BCUT2D eigenvalue weighted by molar-refractivity contribution is 5.97. The van der Waals surface area contributed by atoms with Crippen molar-refractivity contribution >= 4 is 27.8 Å². The van der Waals surface area contributed by atoms with E-state index in [4.69, 9.17) is 5.73 Å². The first-order valence-electron chi connectivity index (χ1n) is 5.33. The number of hydrogen-bond acceptors (Lipinski definition) is 4. The number of nitrogens with one attached hydrogen (secondary N) is 1. The lowest BCUT2D eigenvalue weighted by Gasteiger charge is -2.02. The average Bonchev–Trinajstić information content (AvgIpc) is 2.62. The molecule has 0 radical (unpaired) electrons. The molecule has 2 heterocycles. The number of aromatic amines is 1. The normalized spacial score (nSPS) is 11.4. The van der Waals surface area contributed by atoms with Crippen LogP contribution in [0.2, 0.25) is 0 Å². The molecule has 17 heavy (non-hydrogen) atoms. The van der Waals surface area contributed by atoms with E-state index in [0.29, 0.717) is 12.4 Å². The minimum absolute atomic E-state index is 0.121. The summed E-state index contributed by atoms with van der Waals surface area (Å²) in [6.07, 6.45) is 1.42. The van der Waals surface area contributed by atoms with E-state index in [-0.39, 0.29) is 5.69 Å². The third kappa shape index (κ3) is 1.30. The smallest absolute Gasteiger partial charge is 0.326 e. The first-order chi connectivity index (χ1) is 8.20. The molecule has 0 aliphatic rings. The summed E-state index contributed by atoms with van der Waals surface area (Å²) >= 11 is 0. The molecule has 0 atom stereocenters. The van der Waals surface area contributed by atoms with E-state index in [0.717, 1.165) is 21.9 Å². The van der Waals surface area contributed by atoms with Gasteiger partial charge in [-0.1, -0.05) is 0 Å². The van der Waals surface area contributed by atoms with Gasteiger partial charge in [-0.15, -0.1) is 0 Å². The SMILES string of the molecule is CCn1c(=O)[nH]c2cc3c(N)ncnc3cc21. The second-order valence-corrected chi connectivity index (χ2v) is 3.82. The monoisotopic (exact) mass is 229 g/mol. The van der Waals surface area contributed by atoms with Crippen molar-refractivity contribution in [2.75, 3.05) is 5.73 Å². The second kappa shape index (κ2) is 3.31. The molecular weight excluding hydrogens is 218 g/mol. The summed E-state index contributed by atoms with van der Waals surface area (Å²) in [6, 6.07) is 3.66. The van der Waals surface area contributed by atoms with Crippen LogP contribution in [0.15, 0.2) is 23.3 Å². The van der Waals surface area contributed by atoms with E-state index in [1.54, 1.807) is 4.57 Å². The minimum atomic E-state index is -0.121. The number of rotatable bonds is 1. The molecule has 0 saturated carbocycles. The van der Waals surface area contributed by atoms with Crippen molar-refractivity contribution in [3.05, 3.63) is 28.9 Å². The molecule has 0 aliphatic carbocycles. The number of nitrogens with zero attached hydrogens (tertiary/aromatic N) is 3. The Balaban J connectivity index is 2.52. The standard InChI is InChI=1S/C11H11N5O/c1-2-16-9-4-7-6(10(12)14-5-13-7)3-8(9)15-11(16)17/h3-5H,2H2,1H3,(H,15,17)(H2,12,13,14). The van der Waals surface area contributed by atoms with Gasteiger partial charge in [0.2, 0.25) is 0 Å². The van der Waals surface area contributed by atoms with Crippen LogP contribution in [-0.2, 0) is 6.54 Å². The molecule has 6 nitrogen and oxygen atoms in total. The van der Waals surface area contributed by atoms with Gasteiger partial charge in [0.05, 0.1) is 16.6 Å². The molecule has 0 unspecified atom stereocenters. The summed E-state index contributed by atoms with van der Waals surface area (Å²) in [7, 11) is 0. The van der Waals surface area contributed by atoms with Gasteiger partial charge >= 0.3 is 5.69 Å². The second-order valence-electron chi connectivity index (χ2n) is 3.82. The van der Waals surface area contributed by atoms with Gasteiger partial charge in [0, 0.05) is 11.9 Å². The zero-order chi connectivity index (χ0) is 12.0. The van der Waals surface area contributed by atoms with Crippen molar-refractivity contribution in [3.63, 3.8) is 0 Å². The van der Waals surface area contributed by atoms with Crippen molar-refractivity contribution in [2.24, 2.45) is 0 Å². The Kier molecular flexibility index (Phi) is 1.91. The van der Waals surface area contributed by atoms with E-state index in [1.165, 1.54) is 6.33 Å². The van der Waals surface area contributed by atoms with E-state index in [1.807, 2.05) is 19.1 Å². The molecule has 86 valence electrons. The van der Waals surface area contributed by atoms with Gasteiger partial charge in [-0.25, -0.2) is 14.8 Å². The third-order valence-electron chi connectivity index (χ3n) is 2.88. The lowest BCUT2D eigenvalue weighted by molar-refractivity contribution is 0.753. The molecule has 0 spiro atoms. The fourth-order valence-electron chi connectivity index (χ4n) is 2.04. The maximum absolute atomic E-state index is 11.7. The number of nitrogens with two attached hydrogens (primary N) is 1. The maximum Gasteiger partial charge on any atom is 0.326 e. The molecule has 3 rings (SSSR count). The van der Waals surface area contributed by atoms with Gasteiger partial charge in [0.25, 0.3) is 0 Å². The molecule has 2 aromatic heterocycles. The molecule has 0 amide bonds. The van der Waals surface area contributed by atoms with Crippen molar-refractivity contribution in [2.45, 2.75) is 13.5 Å². The van der Waals surface area contributed by atoms with Crippen LogP contribution >= 0.6 is 0 Å². The Hall–Kier alpha value is -2.37. The van der Waals surface area contributed by atoms with E-state index >= 15 is 0 Å². The average molecular weight is 229 g/mol. The number of imidazole rings is 1. The van der Waals surface area contributed by atoms with Crippen LogP contribution in [0, 0.1) is 0 Å². The molecule has 0 aliphatic heterocycles. The molecule has 3 N–H and O–H groups in total. The number of nitrogen functional groups attached to an aromatic ring is 1. The fourth-order valence-corrected chi connectivity index (χ4v) is 2.04. The zero-order valence-electron chi connectivity index (χ0n) is 9.27. The molecule has 3 aromatic rings. The quantitative estimate of drug-likeness (QED) is 0.648. The number of anilines is 1. The van der Waals surface area contributed by atoms with Crippen LogP contribution in [0.1, 0.15) is 6.92 Å². The van der Waals surface area contributed by atoms with Crippen molar-refractivity contribution in [1.82, 2.24) is 19.5 Å². The van der Waals surface area contributed by atoms with Crippen LogP contribution in [0.5, 0.6) is 0 Å². The first-order valence-corrected chi connectivity index (χ1v) is 5.33. The lowest BCUT2D eigenvalue weighted by atomic mass is 10.2. The molecule has 0 saturated heterocycles. The number of aromatic nitrogens is 4. The largest absolute Gasteiger partial charge is 0.383 e. The van der Waals surface area contributed by atoms with Crippen LogP contribution in [0.4, 0.5) is 5.82 Å². The van der Waals surface area contributed by atoms with Crippen molar-refractivity contribution in [3.8, 4) is 0 Å². The van der Waals surface area contributed by atoms with Gasteiger partial charge in [-0.2, -0.15) is 0 Å². The van der Waals surface area contributed by atoms with E-state index in [2.05, 4.69) is 15.0 Å². The fraction of sp³-hybridized carbons (Fsp3) is 0.182. The van der Waals surface area contributed by atoms with Gasteiger partial charge < -0.3 is 10.7 Å². The van der Waals surface area contributed by atoms with Crippen LogP contribution in [0.3, 0.4) is 0 Å². The highest BCUT2D eigenvalue weighted by Gasteiger charge is 2.08. The molecule has 0 fully saturated rings. The molecule has 6 heteroatoms. The number of benzene rings is 1. The summed E-state index contributed by atoms with van der Waals surface area (Å²) in [6.45, 7) is 2.54. The summed E-state index contributed by atoms with van der Waals surface area (Å²) < 4.78 is 1.66. The van der Waals surface area contributed by atoms with Gasteiger partial charge in [0.15, 0.2) is 0 Å². The van der Waals surface area contributed by atoms with Gasteiger partial charge in [-0.3, -0.25) is 4.57 Å².